The van der Waals surface area contributed by atoms with Crippen molar-refractivity contribution in [1.29, 1.82) is 0 Å². The van der Waals surface area contributed by atoms with Crippen molar-refractivity contribution in [3.05, 3.63) is 35.6 Å². The predicted octanol–water partition coefficient (Wildman–Crippen LogP) is 2.60. The van der Waals surface area contributed by atoms with E-state index < -0.39 is 0 Å². The number of nitrogens with one attached hydrogen (secondary N) is 1. The monoisotopic (exact) mass is 292 g/mol. The molecule has 116 valence electrons. The standard InChI is InChI=1S/C17H25FN2O/c1-13(6-7-14-4-3-5-16(18)12-14)20-10-8-15(9-11-20)17(21)19-2/h3-5,12-13,15H,6-11H2,1-2H3,(H,19,21). The number of halogens is 1. The third-order valence-electron chi connectivity index (χ3n) is 4.51. The molecule has 3 nitrogen and oxygen atoms in total. The second-order valence-corrected chi connectivity index (χ2v) is 5.94. The molecular weight excluding hydrogens is 267 g/mol. The third-order valence-corrected chi connectivity index (χ3v) is 4.51. The maximum Gasteiger partial charge on any atom is 0.222 e. The van der Waals surface area contributed by atoms with Crippen molar-refractivity contribution < 1.29 is 9.18 Å². The minimum atomic E-state index is -0.161. The summed E-state index contributed by atoms with van der Waals surface area (Å²) in [6.45, 7) is 4.17. The molecule has 1 aliphatic rings. The van der Waals surface area contributed by atoms with E-state index in [1.165, 1.54) is 6.07 Å². The number of carbonyl (C=O) groups excluding carboxylic acids is 1. The third kappa shape index (κ3) is 4.53. The molecule has 1 N–H and O–H groups in total. The second-order valence-electron chi connectivity index (χ2n) is 5.94. The van der Waals surface area contributed by atoms with Crippen LogP contribution in [0, 0.1) is 11.7 Å². The molecule has 1 aliphatic heterocycles. The Hall–Kier alpha value is -1.42. The molecule has 0 aliphatic carbocycles. The lowest BCUT2D eigenvalue weighted by atomic mass is 9.94. The van der Waals surface area contributed by atoms with Gasteiger partial charge in [-0.05, 0) is 63.4 Å². The van der Waals surface area contributed by atoms with Crippen LogP contribution in [0.4, 0.5) is 4.39 Å². The molecule has 1 unspecified atom stereocenters. The number of hydrogen-bond acceptors (Lipinski definition) is 2. The molecule has 1 aromatic carbocycles. The zero-order chi connectivity index (χ0) is 15.2. The number of carbonyl (C=O) groups is 1. The molecule has 0 saturated carbocycles. The Kier molecular flexibility index (Phi) is 5.74. The van der Waals surface area contributed by atoms with Crippen LogP contribution in [0.2, 0.25) is 0 Å². The fourth-order valence-corrected chi connectivity index (χ4v) is 3.06. The first-order chi connectivity index (χ1) is 10.1. The first-order valence-corrected chi connectivity index (χ1v) is 7.80. The van der Waals surface area contributed by atoms with Gasteiger partial charge in [-0.3, -0.25) is 4.79 Å². The topological polar surface area (TPSA) is 32.3 Å². The van der Waals surface area contributed by atoms with Gasteiger partial charge in [0.05, 0.1) is 0 Å². The van der Waals surface area contributed by atoms with Gasteiger partial charge in [-0.15, -0.1) is 0 Å². The van der Waals surface area contributed by atoms with Crippen LogP contribution in [0.5, 0.6) is 0 Å². The van der Waals surface area contributed by atoms with Crippen LogP contribution in [0.1, 0.15) is 31.7 Å². The number of aryl methyl sites for hydroxylation is 1. The van der Waals surface area contributed by atoms with Crippen LogP contribution in [-0.2, 0) is 11.2 Å². The number of hydrogen-bond donors (Lipinski definition) is 1. The fourth-order valence-electron chi connectivity index (χ4n) is 3.06. The van der Waals surface area contributed by atoms with E-state index in [4.69, 9.17) is 0 Å². The smallest absolute Gasteiger partial charge is 0.222 e. The minimum absolute atomic E-state index is 0.161. The minimum Gasteiger partial charge on any atom is -0.359 e. The van der Waals surface area contributed by atoms with Crippen molar-refractivity contribution >= 4 is 5.91 Å². The van der Waals surface area contributed by atoms with Gasteiger partial charge in [0.15, 0.2) is 0 Å². The molecule has 0 bridgehead atoms. The van der Waals surface area contributed by atoms with Crippen LogP contribution in [0.25, 0.3) is 0 Å². The Bertz CT molecular complexity index is 470. The Morgan fingerprint density at radius 3 is 2.76 bits per heavy atom. The molecule has 0 aromatic heterocycles. The van der Waals surface area contributed by atoms with Gasteiger partial charge in [0.1, 0.15) is 5.82 Å². The molecule has 0 radical (unpaired) electrons. The summed E-state index contributed by atoms with van der Waals surface area (Å²) in [7, 11) is 1.70. The summed E-state index contributed by atoms with van der Waals surface area (Å²) in [6, 6.07) is 7.32. The summed E-state index contributed by atoms with van der Waals surface area (Å²) >= 11 is 0. The van der Waals surface area contributed by atoms with Gasteiger partial charge in [0.2, 0.25) is 5.91 Å². The highest BCUT2D eigenvalue weighted by atomic mass is 19.1. The van der Waals surface area contributed by atoms with Gasteiger partial charge in [-0.25, -0.2) is 4.39 Å². The van der Waals surface area contributed by atoms with Gasteiger partial charge in [-0.2, -0.15) is 0 Å². The fraction of sp³-hybridized carbons (Fsp3) is 0.588. The largest absolute Gasteiger partial charge is 0.359 e. The Labute approximate surface area is 126 Å². The van der Waals surface area contributed by atoms with Crippen LogP contribution in [0.3, 0.4) is 0 Å². The van der Waals surface area contributed by atoms with Crippen molar-refractivity contribution in [3.8, 4) is 0 Å². The molecule has 4 heteroatoms. The van der Waals surface area contributed by atoms with Crippen LogP contribution < -0.4 is 5.32 Å². The molecule has 1 saturated heterocycles. The zero-order valence-corrected chi connectivity index (χ0v) is 12.9. The SMILES string of the molecule is CNC(=O)C1CCN(C(C)CCc2cccc(F)c2)CC1. The predicted molar refractivity (Wildman–Crippen MR) is 82.5 cm³/mol. The highest BCUT2D eigenvalue weighted by Crippen LogP contribution is 2.21. The summed E-state index contributed by atoms with van der Waals surface area (Å²) < 4.78 is 13.2. The van der Waals surface area contributed by atoms with Crippen LogP contribution >= 0.6 is 0 Å². The van der Waals surface area contributed by atoms with Gasteiger partial charge in [-0.1, -0.05) is 12.1 Å². The number of nitrogens with zero attached hydrogens (tertiary/aromatic N) is 1. The van der Waals surface area contributed by atoms with Crippen molar-refractivity contribution in [2.45, 2.75) is 38.6 Å². The Morgan fingerprint density at radius 2 is 2.14 bits per heavy atom. The summed E-state index contributed by atoms with van der Waals surface area (Å²) in [5.41, 5.74) is 1.06. The summed E-state index contributed by atoms with van der Waals surface area (Å²) in [5, 5.41) is 2.74. The van der Waals surface area contributed by atoms with Crippen LogP contribution in [-0.4, -0.2) is 37.0 Å². The first-order valence-electron chi connectivity index (χ1n) is 7.80. The van der Waals surface area contributed by atoms with E-state index >= 15 is 0 Å². The van der Waals surface area contributed by atoms with E-state index in [9.17, 15) is 9.18 Å². The molecule has 1 fully saturated rings. The molecule has 0 spiro atoms. The highest BCUT2D eigenvalue weighted by molar-refractivity contribution is 5.78. The number of amides is 1. The summed E-state index contributed by atoms with van der Waals surface area (Å²) in [4.78, 5) is 14.1. The average Bonchev–Trinajstić information content (AvgIpc) is 2.52. The maximum atomic E-state index is 13.2. The maximum absolute atomic E-state index is 13.2. The Balaban J connectivity index is 1.77. The highest BCUT2D eigenvalue weighted by Gasteiger charge is 2.26. The average molecular weight is 292 g/mol. The van der Waals surface area contributed by atoms with Gasteiger partial charge in [0.25, 0.3) is 0 Å². The first kappa shape index (κ1) is 16.0. The molecule has 21 heavy (non-hydrogen) atoms. The molecule has 1 amide bonds. The van der Waals surface area contributed by atoms with Crippen molar-refractivity contribution in [2.24, 2.45) is 5.92 Å². The Morgan fingerprint density at radius 1 is 1.43 bits per heavy atom. The number of benzene rings is 1. The van der Waals surface area contributed by atoms with Gasteiger partial charge in [0, 0.05) is 19.0 Å². The molecule has 1 heterocycles. The summed E-state index contributed by atoms with van der Waals surface area (Å²) in [5.74, 6) is 0.176. The van der Waals surface area contributed by atoms with Crippen molar-refractivity contribution in [2.75, 3.05) is 20.1 Å². The molecule has 1 aromatic rings. The van der Waals surface area contributed by atoms with E-state index in [-0.39, 0.29) is 17.6 Å². The van der Waals surface area contributed by atoms with E-state index in [1.54, 1.807) is 19.2 Å². The molecular formula is C17H25FN2O. The second kappa shape index (κ2) is 7.55. The van der Waals surface area contributed by atoms with Crippen molar-refractivity contribution in [3.63, 3.8) is 0 Å². The number of piperidine rings is 1. The molecule has 1 atom stereocenters. The quantitative estimate of drug-likeness (QED) is 0.905. The lowest BCUT2D eigenvalue weighted by molar-refractivity contribution is -0.126. The summed E-state index contributed by atoms with van der Waals surface area (Å²) in [6.07, 6.45) is 3.79. The van der Waals surface area contributed by atoms with E-state index in [0.717, 1.165) is 44.3 Å². The van der Waals surface area contributed by atoms with Gasteiger partial charge >= 0.3 is 0 Å². The zero-order valence-electron chi connectivity index (χ0n) is 12.9. The lowest BCUT2D eigenvalue weighted by Gasteiger charge is -2.35. The lowest BCUT2D eigenvalue weighted by Crippen LogP contribution is -2.43. The normalized spacial score (nSPS) is 18.4. The number of rotatable bonds is 5. The molecule has 2 rings (SSSR count). The van der Waals surface area contributed by atoms with Crippen molar-refractivity contribution in [1.82, 2.24) is 10.2 Å². The number of likely N-dealkylation sites (tertiary alicyclic amines) is 1. The van der Waals surface area contributed by atoms with Gasteiger partial charge < -0.3 is 10.2 Å². The van der Waals surface area contributed by atoms with E-state index in [1.807, 2.05) is 6.07 Å². The van der Waals surface area contributed by atoms with Crippen LogP contribution in [0.15, 0.2) is 24.3 Å². The van der Waals surface area contributed by atoms with E-state index in [2.05, 4.69) is 17.1 Å². The van der Waals surface area contributed by atoms with E-state index in [0.29, 0.717) is 6.04 Å².